The third-order valence-corrected chi connectivity index (χ3v) is 2.44. The van der Waals surface area contributed by atoms with Gasteiger partial charge in [-0.05, 0) is 37.6 Å². The van der Waals surface area contributed by atoms with Crippen LogP contribution in [0.25, 0.3) is 0 Å². The molecule has 0 saturated heterocycles. The number of carbonyl (C=O) groups is 1. The lowest BCUT2D eigenvalue weighted by molar-refractivity contribution is -0.115. The first kappa shape index (κ1) is 13.0. The van der Waals surface area contributed by atoms with E-state index in [1.54, 1.807) is 6.07 Å². The summed E-state index contributed by atoms with van der Waals surface area (Å²) in [5.41, 5.74) is 1.74. The second-order valence-corrected chi connectivity index (χ2v) is 4.12. The van der Waals surface area contributed by atoms with Crippen molar-refractivity contribution in [2.75, 3.05) is 18.4 Å². The van der Waals surface area contributed by atoms with E-state index in [2.05, 4.69) is 17.6 Å². The SMILES string of the molecule is CCCNCC(=O)Nc1cc(C)ccc1Cl. The van der Waals surface area contributed by atoms with Gasteiger partial charge in [0.2, 0.25) is 5.91 Å². The van der Waals surface area contributed by atoms with Gasteiger partial charge in [-0.25, -0.2) is 0 Å². The fraction of sp³-hybridized carbons (Fsp3) is 0.417. The predicted octanol–water partition coefficient (Wildman–Crippen LogP) is 2.59. The van der Waals surface area contributed by atoms with Gasteiger partial charge in [-0.3, -0.25) is 4.79 Å². The summed E-state index contributed by atoms with van der Waals surface area (Å²) in [5, 5.41) is 6.37. The van der Waals surface area contributed by atoms with Crippen molar-refractivity contribution in [1.29, 1.82) is 0 Å². The van der Waals surface area contributed by atoms with Gasteiger partial charge in [0, 0.05) is 0 Å². The highest BCUT2D eigenvalue weighted by Crippen LogP contribution is 2.22. The van der Waals surface area contributed by atoms with E-state index in [0.29, 0.717) is 17.3 Å². The van der Waals surface area contributed by atoms with Gasteiger partial charge >= 0.3 is 0 Å². The Morgan fingerprint density at radius 3 is 2.88 bits per heavy atom. The largest absolute Gasteiger partial charge is 0.324 e. The predicted molar refractivity (Wildman–Crippen MR) is 68.0 cm³/mol. The molecule has 0 spiro atoms. The number of halogens is 1. The molecule has 0 aromatic heterocycles. The van der Waals surface area contributed by atoms with E-state index in [4.69, 9.17) is 11.6 Å². The summed E-state index contributed by atoms with van der Waals surface area (Å²) < 4.78 is 0. The van der Waals surface area contributed by atoms with E-state index in [0.717, 1.165) is 18.5 Å². The van der Waals surface area contributed by atoms with E-state index >= 15 is 0 Å². The Bertz CT molecular complexity index is 366. The molecule has 0 saturated carbocycles. The van der Waals surface area contributed by atoms with Crippen molar-refractivity contribution in [1.82, 2.24) is 5.32 Å². The number of hydrogen-bond donors (Lipinski definition) is 2. The average molecular weight is 241 g/mol. The zero-order valence-corrected chi connectivity index (χ0v) is 10.4. The van der Waals surface area contributed by atoms with Crippen LogP contribution >= 0.6 is 11.6 Å². The Kier molecular flexibility index (Phi) is 5.29. The van der Waals surface area contributed by atoms with E-state index in [-0.39, 0.29) is 5.91 Å². The monoisotopic (exact) mass is 240 g/mol. The van der Waals surface area contributed by atoms with Crippen molar-refractivity contribution in [2.45, 2.75) is 20.3 Å². The topological polar surface area (TPSA) is 41.1 Å². The Morgan fingerprint density at radius 2 is 2.19 bits per heavy atom. The van der Waals surface area contributed by atoms with Crippen molar-refractivity contribution in [2.24, 2.45) is 0 Å². The minimum atomic E-state index is -0.0686. The lowest BCUT2D eigenvalue weighted by Crippen LogP contribution is -2.28. The number of aryl methyl sites for hydroxylation is 1. The van der Waals surface area contributed by atoms with Crippen LogP contribution in [0.15, 0.2) is 18.2 Å². The van der Waals surface area contributed by atoms with Crippen LogP contribution in [0.3, 0.4) is 0 Å². The lowest BCUT2D eigenvalue weighted by atomic mass is 10.2. The molecular weight excluding hydrogens is 224 g/mol. The summed E-state index contributed by atoms with van der Waals surface area (Å²) in [6.07, 6.45) is 1.01. The van der Waals surface area contributed by atoms with Crippen molar-refractivity contribution < 1.29 is 4.79 Å². The van der Waals surface area contributed by atoms with Crippen molar-refractivity contribution in [3.63, 3.8) is 0 Å². The van der Waals surface area contributed by atoms with Crippen LogP contribution in [0.5, 0.6) is 0 Å². The third kappa shape index (κ3) is 4.21. The maximum atomic E-state index is 11.5. The van der Waals surface area contributed by atoms with Crippen LogP contribution in [0, 0.1) is 6.92 Å². The number of rotatable bonds is 5. The molecule has 0 aliphatic heterocycles. The maximum absolute atomic E-state index is 11.5. The van der Waals surface area contributed by atoms with E-state index in [9.17, 15) is 4.79 Å². The Morgan fingerprint density at radius 1 is 1.44 bits per heavy atom. The van der Waals surface area contributed by atoms with Gasteiger partial charge in [0.15, 0.2) is 0 Å². The Labute approximate surface area is 101 Å². The van der Waals surface area contributed by atoms with Crippen molar-refractivity contribution >= 4 is 23.2 Å². The molecule has 1 amide bonds. The molecule has 1 aromatic rings. The molecule has 4 heteroatoms. The fourth-order valence-corrected chi connectivity index (χ4v) is 1.47. The van der Waals surface area contributed by atoms with Gasteiger partial charge in [-0.2, -0.15) is 0 Å². The van der Waals surface area contributed by atoms with E-state index in [1.807, 2.05) is 19.1 Å². The standard InChI is InChI=1S/C12H17ClN2O/c1-3-6-14-8-12(16)15-11-7-9(2)4-5-10(11)13/h4-5,7,14H,3,6,8H2,1-2H3,(H,15,16). The zero-order chi connectivity index (χ0) is 12.0. The first-order chi connectivity index (χ1) is 7.63. The third-order valence-electron chi connectivity index (χ3n) is 2.11. The van der Waals surface area contributed by atoms with Gasteiger partial charge in [0.1, 0.15) is 0 Å². The molecule has 16 heavy (non-hydrogen) atoms. The molecule has 1 aromatic carbocycles. The summed E-state index contributed by atoms with van der Waals surface area (Å²) in [6.45, 7) is 5.18. The van der Waals surface area contributed by atoms with Gasteiger partial charge < -0.3 is 10.6 Å². The van der Waals surface area contributed by atoms with Crippen LogP contribution < -0.4 is 10.6 Å². The van der Waals surface area contributed by atoms with Gasteiger partial charge in [0.25, 0.3) is 0 Å². The minimum Gasteiger partial charge on any atom is -0.324 e. The fourth-order valence-electron chi connectivity index (χ4n) is 1.31. The Hall–Kier alpha value is -1.06. The van der Waals surface area contributed by atoms with Gasteiger partial charge in [-0.15, -0.1) is 0 Å². The summed E-state index contributed by atoms with van der Waals surface area (Å²) in [6, 6.07) is 5.55. The lowest BCUT2D eigenvalue weighted by Gasteiger charge is -2.08. The molecular formula is C12H17ClN2O. The first-order valence-electron chi connectivity index (χ1n) is 5.40. The number of carbonyl (C=O) groups excluding carboxylic acids is 1. The molecule has 0 radical (unpaired) electrons. The molecule has 0 unspecified atom stereocenters. The second kappa shape index (κ2) is 6.51. The van der Waals surface area contributed by atoms with Gasteiger partial charge in [-0.1, -0.05) is 24.6 Å². The molecule has 0 aliphatic carbocycles. The highest BCUT2D eigenvalue weighted by atomic mass is 35.5. The molecule has 88 valence electrons. The van der Waals surface area contributed by atoms with Gasteiger partial charge in [0.05, 0.1) is 17.3 Å². The molecule has 1 rings (SSSR count). The van der Waals surface area contributed by atoms with Crippen LogP contribution in [-0.4, -0.2) is 19.0 Å². The maximum Gasteiger partial charge on any atom is 0.238 e. The average Bonchev–Trinajstić information content (AvgIpc) is 2.24. The molecule has 3 nitrogen and oxygen atoms in total. The normalized spacial score (nSPS) is 10.2. The van der Waals surface area contributed by atoms with Crippen LogP contribution in [0.2, 0.25) is 5.02 Å². The smallest absolute Gasteiger partial charge is 0.238 e. The molecule has 0 fully saturated rings. The summed E-state index contributed by atoms with van der Waals surface area (Å²) in [4.78, 5) is 11.5. The number of anilines is 1. The van der Waals surface area contributed by atoms with Crippen molar-refractivity contribution in [3.8, 4) is 0 Å². The number of amides is 1. The van der Waals surface area contributed by atoms with E-state index < -0.39 is 0 Å². The number of benzene rings is 1. The summed E-state index contributed by atoms with van der Waals surface area (Å²) in [5.74, 6) is -0.0686. The van der Waals surface area contributed by atoms with E-state index in [1.165, 1.54) is 0 Å². The zero-order valence-electron chi connectivity index (χ0n) is 9.64. The van der Waals surface area contributed by atoms with Crippen LogP contribution in [-0.2, 0) is 4.79 Å². The molecule has 0 bridgehead atoms. The molecule has 2 N–H and O–H groups in total. The highest BCUT2D eigenvalue weighted by Gasteiger charge is 2.05. The Balaban J connectivity index is 2.52. The number of hydrogen-bond acceptors (Lipinski definition) is 2. The first-order valence-corrected chi connectivity index (χ1v) is 5.78. The highest BCUT2D eigenvalue weighted by molar-refractivity contribution is 6.33. The molecule has 0 heterocycles. The molecule has 0 atom stereocenters. The van der Waals surface area contributed by atoms with Crippen molar-refractivity contribution in [3.05, 3.63) is 28.8 Å². The quantitative estimate of drug-likeness (QED) is 0.777. The van der Waals surface area contributed by atoms with Crippen LogP contribution in [0.4, 0.5) is 5.69 Å². The second-order valence-electron chi connectivity index (χ2n) is 3.71. The summed E-state index contributed by atoms with van der Waals surface area (Å²) >= 11 is 5.97. The van der Waals surface area contributed by atoms with Crippen LogP contribution in [0.1, 0.15) is 18.9 Å². The summed E-state index contributed by atoms with van der Waals surface area (Å²) in [7, 11) is 0. The number of nitrogens with one attached hydrogen (secondary N) is 2. The minimum absolute atomic E-state index is 0.0686. The molecule has 0 aliphatic rings.